The van der Waals surface area contributed by atoms with Crippen LogP contribution in [-0.2, 0) is 11.2 Å². The maximum Gasteiger partial charge on any atom is 0.415 e. The summed E-state index contributed by atoms with van der Waals surface area (Å²) < 4.78 is 36.7. The van der Waals surface area contributed by atoms with Crippen LogP contribution in [0, 0.1) is 5.82 Å². The number of ketones is 1. The van der Waals surface area contributed by atoms with Crippen molar-refractivity contribution in [2.45, 2.75) is 26.2 Å². The first-order valence-electron chi connectivity index (χ1n) is 13.9. The lowest BCUT2D eigenvalue weighted by Crippen LogP contribution is -2.48. The van der Waals surface area contributed by atoms with Gasteiger partial charge in [-0.15, -0.1) is 0 Å². The van der Waals surface area contributed by atoms with E-state index in [4.69, 9.17) is 18.6 Å². The predicted molar refractivity (Wildman–Crippen MR) is 158 cm³/mol. The second-order valence-corrected chi connectivity index (χ2v) is 10.6. The maximum atomic E-state index is 14.4. The molecule has 2 aliphatic rings. The van der Waals surface area contributed by atoms with Crippen LogP contribution in [0.1, 0.15) is 42.2 Å². The molecule has 0 radical (unpaired) electrons. The fraction of sp³-hybridized carbons (Fsp3) is 0.333. The van der Waals surface area contributed by atoms with Crippen molar-refractivity contribution >= 4 is 29.1 Å². The average molecular weight is 575 g/mol. The number of hydrogen-bond donors (Lipinski definition) is 0. The Labute approximate surface area is 245 Å². The van der Waals surface area contributed by atoms with Crippen LogP contribution >= 0.6 is 0 Å². The first kappa shape index (κ1) is 29.1. The van der Waals surface area contributed by atoms with Crippen molar-refractivity contribution in [1.82, 2.24) is 9.80 Å². The third-order valence-electron chi connectivity index (χ3n) is 7.80. The number of halogens is 1. The van der Waals surface area contributed by atoms with Gasteiger partial charge in [-0.05, 0) is 96.3 Å². The van der Waals surface area contributed by atoms with Crippen LogP contribution in [0.25, 0.3) is 17.2 Å². The number of hydrogen-bond acceptors (Lipinski definition) is 7. The van der Waals surface area contributed by atoms with Gasteiger partial charge in [-0.2, -0.15) is 0 Å². The van der Waals surface area contributed by atoms with Crippen molar-refractivity contribution in [3.63, 3.8) is 0 Å². The van der Waals surface area contributed by atoms with Crippen LogP contribution in [0.3, 0.4) is 0 Å². The SMILES string of the molecule is COc1cc(/C=C2/C(C)=C(CCC(=O)Cc3ccco3)c3cc(F)ccc32)cc(OC)c1OC(=O)N1CCN(C)CC1. The molecule has 9 heteroatoms. The predicted octanol–water partition coefficient (Wildman–Crippen LogP) is 6.10. The molecule has 1 fully saturated rings. The minimum absolute atomic E-state index is 0.0526. The Balaban J connectivity index is 1.43. The normalized spacial score (nSPS) is 16.1. The number of likely N-dealkylation sites (N-methyl/N-ethyl adjacent to an activating group) is 1. The second-order valence-electron chi connectivity index (χ2n) is 10.6. The van der Waals surface area contributed by atoms with Crippen LogP contribution < -0.4 is 14.2 Å². The quantitative estimate of drug-likeness (QED) is 0.305. The van der Waals surface area contributed by atoms with Crippen molar-refractivity contribution in [3.8, 4) is 17.2 Å². The number of benzene rings is 2. The van der Waals surface area contributed by atoms with Crippen molar-refractivity contribution in [1.29, 1.82) is 0 Å². The molecule has 2 heterocycles. The zero-order valence-corrected chi connectivity index (χ0v) is 24.4. The summed E-state index contributed by atoms with van der Waals surface area (Å²) in [7, 11) is 5.04. The van der Waals surface area contributed by atoms with Gasteiger partial charge in [0.15, 0.2) is 11.5 Å². The lowest BCUT2D eigenvalue weighted by Gasteiger charge is -2.31. The van der Waals surface area contributed by atoms with Gasteiger partial charge < -0.3 is 28.4 Å². The molecule has 1 amide bonds. The molecule has 42 heavy (non-hydrogen) atoms. The fourth-order valence-electron chi connectivity index (χ4n) is 5.43. The lowest BCUT2D eigenvalue weighted by molar-refractivity contribution is -0.118. The fourth-order valence-corrected chi connectivity index (χ4v) is 5.43. The van der Waals surface area contributed by atoms with Crippen LogP contribution in [0.2, 0.25) is 0 Å². The number of fused-ring (bicyclic) bond motifs is 1. The number of furan rings is 1. The molecule has 0 bridgehead atoms. The van der Waals surface area contributed by atoms with Gasteiger partial charge >= 0.3 is 6.09 Å². The molecule has 5 rings (SSSR count). The number of carbonyl (C=O) groups excluding carboxylic acids is 2. The first-order chi connectivity index (χ1) is 20.3. The highest BCUT2D eigenvalue weighted by molar-refractivity contribution is 6.05. The van der Waals surface area contributed by atoms with E-state index in [0.29, 0.717) is 43.2 Å². The van der Waals surface area contributed by atoms with E-state index in [9.17, 15) is 14.0 Å². The molecule has 1 aromatic heterocycles. The van der Waals surface area contributed by atoms with Gasteiger partial charge in [0.2, 0.25) is 5.75 Å². The molecular weight excluding hydrogens is 539 g/mol. The summed E-state index contributed by atoms with van der Waals surface area (Å²) in [5.74, 6) is 1.26. The number of methoxy groups -OCH3 is 2. The standard InChI is InChI=1S/C33H35FN2O6/c1-21-26(10-8-24(37)20-25-6-5-15-41-25)29-19-23(34)7-9-27(29)28(21)16-22-17-30(39-3)32(31(18-22)40-4)42-33(38)36-13-11-35(2)12-14-36/h5-7,9,15-19H,8,10-14,20H2,1-4H3/b28-16-. The Morgan fingerprint density at radius 3 is 2.36 bits per heavy atom. The van der Waals surface area contributed by atoms with Gasteiger partial charge in [0.05, 0.1) is 26.9 Å². The molecule has 2 aromatic carbocycles. The summed E-state index contributed by atoms with van der Waals surface area (Å²) >= 11 is 0. The highest BCUT2D eigenvalue weighted by Gasteiger charge is 2.27. The number of allylic oxidation sites excluding steroid dienone is 3. The van der Waals surface area contributed by atoms with E-state index in [1.165, 1.54) is 26.4 Å². The van der Waals surface area contributed by atoms with Crippen molar-refractivity contribution in [2.75, 3.05) is 47.4 Å². The van der Waals surface area contributed by atoms with E-state index in [-0.39, 0.29) is 23.8 Å². The molecule has 0 unspecified atom stereocenters. The van der Waals surface area contributed by atoms with Gasteiger partial charge in [0, 0.05) is 32.6 Å². The molecule has 0 atom stereocenters. The molecule has 1 aliphatic heterocycles. The van der Waals surface area contributed by atoms with Gasteiger partial charge in [-0.25, -0.2) is 9.18 Å². The van der Waals surface area contributed by atoms with E-state index in [0.717, 1.165) is 46.5 Å². The number of carbonyl (C=O) groups is 2. The molecule has 1 saturated heterocycles. The van der Waals surface area contributed by atoms with Crippen molar-refractivity contribution in [3.05, 3.63) is 82.6 Å². The van der Waals surface area contributed by atoms with E-state index in [1.807, 2.05) is 20.0 Å². The maximum absolute atomic E-state index is 14.4. The van der Waals surface area contributed by atoms with Gasteiger partial charge in [-0.3, -0.25) is 4.79 Å². The van der Waals surface area contributed by atoms with Crippen LogP contribution in [0.5, 0.6) is 17.2 Å². The third-order valence-corrected chi connectivity index (χ3v) is 7.80. The van der Waals surface area contributed by atoms with E-state index in [2.05, 4.69) is 4.90 Å². The van der Waals surface area contributed by atoms with Gasteiger partial charge in [0.1, 0.15) is 17.4 Å². The lowest BCUT2D eigenvalue weighted by atomic mass is 9.98. The average Bonchev–Trinajstić information content (AvgIpc) is 3.58. The van der Waals surface area contributed by atoms with Crippen LogP contribution in [0.4, 0.5) is 9.18 Å². The zero-order valence-electron chi connectivity index (χ0n) is 24.4. The smallest absolute Gasteiger partial charge is 0.415 e. The summed E-state index contributed by atoms with van der Waals surface area (Å²) in [5, 5.41) is 0. The zero-order chi connectivity index (χ0) is 29.8. The molecule has 0 N–H and O–H groups in total. The Hall–Kier alpha value is -4.37. The highest BCUT2D eigenvalue weighted by Crippen LogP contribution is 2.46. The number of piperazine rings is 1. The largest absolute Gasteiger partial charge is 0.493 e. The summed E-state index contributed by atoms with van der Waals surface area (Å²) in [5.41, 5.74) is 5.21. The minimum Gasteiger partial charge on any atom is -0.493 e. The molecule has 0 spiro atoms. The first-order valence-corrected chi connectivity index (χ1v) is 13.9. The second kappa shape index (κ2) is 12.7. The number of rotatable bonds is 9. The number of nitrogens with zero attached hydrogens (tertiary/aromatic N) is 2. The van der Waals surface area contributed by atoms with Gasteiger partial charge in [-0.1, -0.05) is 6.07 Å². The van der Waals surface area contributed by atoms with Crippen LogP contribution in [0.15, 0.2) is 58.7 Å². The van der Waals surface area contributed by atoms with Crippen molar-refractivity contribution < 1.29 is 32.6 Å². The molecule has 3 aromatic rings. The molecule has 220 valence electrons. The van der Waals surface area contributed by atoms with E-state index >= 15 is 0 Å². The Kier molecular flexibility index (Phi) is 8.77. The molecule has 0 saturated carbocycles. The van der Waals surface area contributed by atoms with Crippen LogP contribution in [-0.4, -0.2) is 69.1 Å². The minimum atomic E-state index is -0.456. The van der Waals surface area contributed by atoms with E-state index < -0.39 is 6.09 Å². The molecule has 1 aliphatic carbocycles. The van der Waals surface area contributed by atoms with Crippen molar-refractivity contribution in [2.24, 2.45) is 0 Å². The Bertz CT molecular complexity index is 1510. The van der Waals surface area contributed by atoms with Gasteiger partial charge in [0.25, 0.3) is 0 Å². The summed E-state index contributed by atoms with van der Waals surface area (Å²) in [6, 6.07) is 11.8. The number of amides is 1. The number of Topliss-reactive ketones (excluding diaryl/α,β-unsaturated/α-hetero) is 1. The molecular formula is C33H35FN2O6. The molecule has 8 nitrogen and oxygen atoms in total. The summed E-state index contributed by atoms with van der Waals surface area (Å²) in [6.07, 6.45) is 4.08. The Morgan fingerprint density at radius 2 is 1.71 bits per heavy atom. The number of ether oxygens (including phenoxy) is 3. The summed E-state index contributed by atoms with van der Waals surface area (Å²) in [4.78, 5) is 29.4. The van der Waals surface area contributed by atoms with E-state index in [1.54, 1.807) is 41.5 Å². The topological polar surface area (TPSA) is 81.4 Å². The Morgan fingerprint density at radius 1 is 1.00 bits per heavy atom. The monoisotopic (exact) mass is 574 g/mol. The highest BCUT2D eigenvalue weighted by atomic mass is 19.1. The summed E-state index contributed by atoms with van der Waals surface area (Å²) in [6.45, 7) is 4.68. The third kappa shape index (κ3) is 6.26.